The summed E-state index contributed by atoms with van der Waals surface area (Å²) in [5, 5.41) is 2.99. The molecule has 1 N–H and O–H groups in total. The van der Waals surface area contributed by atoms with Crippen LogP contribution in [-0.2, 0) is 0 Å². The van der Waals surface area contributed by atoms with Gasteiger partial charge in [-0.25, -0.2) is 0 Å². The van der Waals surface area contributed by atoms with Crippen LogP contribution >= 0.6 is 0 Å². The lowest BCUT2D eigenvalue weighted by Gasteiger charge is -2.34. The fourth-order valence-electron chi connectivity index (χ4n) is 3.10. The Morgan fingerprint density at radius 1 is 1.08 bits per heavy atom. The lowest BCUT2D eigenvalue weighted by atomic mass is 10.1. The molecule has 0 spiro atoms. The first kappa shape index (κ1) is 16.6. The first-order chi connectivity index (χ1) is 11.4. The molecule has 1 saturated heterocycles. The number of hydrogen-bond acceptors (Lipinski definition) is 4. The Morgan fingerprint density at radius 2 is 1.79 bits per heavy atom. The third kappa shape index (κ3) is 3.46. The van der Waals surface area contributed by atoms with Gasteiger partial charge in [0.15, 0.2) is 0 Å². The van der Waals surface area contributed by atoms with Gasteiger partial charge in [-0.3, -0.25) is 4.79 Å². The summed E-state index contributed by atoms with van der Waals surface area (Å²) in [5.41, 5.74) is 3.72. The van der Waals surface area contributed by atoms with Crippen molar-refractivity contribution in [2.45, 2.75) is 20.8 Å². The molecule has 0 saturated carbocycles. The summed E-state index contributed by atoms with van der Waals surface area (Å²) in [6.07, 6.45) is 0. The predicted octanol–water partition coefficient (Wildman–Crippen LogP) is 3.21. The Labute approximate surface area is 143 Å². The Balaban J connectivity index is 1.73. The van der Waals surface area contributed by atoms with E-state index in [9.17, 15) is 4.79 Å². The number of aryl methyl sites for hydroxylation is 3. The van der Waals surface area contributed by atoms with Crippen molar-refractivity contribution in [3.05, 3.63) is 46.9 Å². The van der Waals surface area contributed by atoms with E-state index >= 15 is 0 Å². The highest BCUT2D eigenvalue weighted by Gasteiger charge is 2.17. The number of likely N-dealkylation sites (N-methyl/N-ethyl adjacent to an activating group) is 1. The minimum absolute atomic E-state index is 0.125. The van der Waals surface area contributed by atoms with Crippen molar-refractivity contribution < 1.29 is 9.21 Å². The highest BCUT2D eigenvalue weighted by molar-refractivity contribution is 6.05. The average molecular weight is 327 g/mol. The van der Waals surface area contributed by atoms with Gasteiger partial charge in [-0.2, -0.15) is 0 Å². The summed E-state index contributed by atoms with van der Waals surface area (Å²) in [4.78, 5) is 17.2. The molecule has 0 radical (unpaired) electrons. The number of rotatable bonds is 3. The molecule has 0 unspecified atom stereocenters. The van der Waals surface area contributed by atoms with Gasteiger partial charge >= 0.3 is 0 Å². The maximum atomic E-state index is 12.4. The molecule has 24 heavy (non-hydrogen) atoms. The van der Waals surface area contributed by atoms with E-state index in [1.165, 1.54) is 5.69 Å². The first-order valence-electron chi connectivity index (χ1n) is 8.36. The Bertz CT molecular complexity index is 743. The lowest BCUT2D eigenvalue weighted by molar-refractivity contribution is 0.102. The molecule has 3 rings (SSSR count). The van der Waals surface area contributed by atoms with Gasteiger partial charge in [0.25, 0.3) is 5.91 Å². The zero-order chi connectivity index (χ0) is 17.3. The standard InChI is InChI=1S/C19H25N3O2/c1-13-11-16(22-9-7-21(4)8-10-22)5-6-18(13)20-19(23)17-12-14(2)24-15(17)3/h5-6,11-12H,7-10H2,1-4H3,(H,20,23). The number of nitrogens with zero attached hydrogens (tertiary/aromatic N) is 2. The first-order valence-corrected chi connectivity index (χ1v) is 8.36. The van der Waals surface area contributed by atoms with E-state index < -0.39 is 0 Å². The fourth-order valence-corrected chi connectivity index (χ4v) is 3.10. The molecule has 1 aromatic heterocycles. The number of amides is 1. The van der Waals surface area contributed by atoms with E-state index in [1.807, 2.05) is 26.8 Å². The van der Waals surface area contributed by atoms with Crippen LogP contribution in [0.2, 0.25) is 0 Å². The maximum absolute atomic E-state index is 12.4. The van der Waals surface area contributed by atoms with E-state index in [1.54, 1.807) is 6.07 Å². The number of carbonyl (C=O) groups excluding carboxylic acids is 1. The van der Waals surface area contributed by atoms with Crippen molar-refractivity contribution in [2.24, 2.45) is 0 Å². The molecular formula is C19H25N3O2. The van der Waals surface area contributed by atoms with Crippen molar-refractivity contribution in [3.63, 3.8) is 0 Å². The molecule has 128 valence electrons. The molecule has 2 heterocycles. The smallest absolute Gasteiger partial charge is 0.259 e. The fraction of sp³-hybridized carbons (Fsp3) is 0.421. The molecule has 5 nitrogen and oxygen atoms in total. The Morgan fingerprint density at radius 3 is 2.38 bits per heavy atom. The Hall–Kier alpha value is -2.27. The summed E-state index contributed by atoms with van der Waals surface area (Å²) in [6.45, 7) is 9.92. The van der Waals surface area contributed by atoms with Crippen LogP contribution in [0.1, 0.15) is 27.4 Å². The van der Waals surface area contributed by atoms with Crippen molar-refractivity contribution in [3.8, 4) is 0 Å². The van der Waals surface area contributed by atoms with Gasteiger partial charge in [-0.1, -0.05) is 0 Å². The van der Waals surface area contributed by atoms with Crippen LogP contribution < -0.4 is 10.2 Å². The van der Waals surface area contributed by atoms with Crippen molar-refractivity contribution in [1.29, 1.82) is 0 Å². The van der Waals surface area contributed by atoms with Crippen LogP contribution in [0.5, 0.6) is 0 Å². The van der Waals surface area contributed by atoms with Gasteiger partial charge in [0.05, 0.1) is 5.56 Å². The van der Waals surface area contributed by atoms with Crippen LogP contribution in [-0.4, -0.2) is 44.0 Å². The molecule has 1 aromatic carbocycles. The zero-order valence-electron chi connectivity index (χ0n) is 14.8. The molecular weight excluding hydrogens is 302 g/mol. The minimum Gasteiger partial charge on any atom is -0.466 e. The van der Waals surface area contributed by atoms with E-state index in [4.69, 9.17) is 4.42 Å². The number of hydrogen-bond donors (Lipinski definition) is 1. The largest absolute Gasteiger partial charge is 0.466 e. The number of benzene rings is 1. The van der Waals surface area contributed by atoms with E-state index in [0.717, 1.165) is 43.2 Å². The SMILES string of the molecule is Cc1cc(C(=O)Nc2ccc(N3CCN(C)CC3)cc2C)c(C)o1. The molecule has 1 aliphatic rings. The second kappa shape index (κ2) is 6.69. The number of furan rings is 1. The van der Waals surface area contributed by atoms with Gasteiger partial charge in [-0.05, 0) is 57.6 Å². The Kier molecular flexibility index (Phi) is 4.62. The van der Waals surface area contributed by atoms with Gasteiger partial charge in [0.1, 0.15) is 11.5 Å². The van der Waals surface area contributed by atoms with Gasteiger partial charge in [-0.15, -0.1) is 0 Å². The van der Waals surface area contributed by atoms with Gasteiger partial charge in [0, 0.05) is 37.6 Å². The van der Waals surface area contributed by atoms with Crippen molar-refractivity contribution >= 4 is 17.3 Å². The van der Waals surface area contributed by atoms with E-state index in [0.29, 0.717) is 11.3 Å². The zero-order valence-corrected chi connectivity index (χ0v) is 14.8. The summed E-state index contributed by atoms with van der Waals surface area (Å²) < 4.78 is 5.44. The molecule has 0 atom stereocenters. The van der Waals surface area contributed by atoms with Gasteiger partial charge < -0.3 is 19.5 Å². The molecule has 5 heteroatoms. The normalized spacial score (nSPS) is 15.6. The van der Waals surface area contributed by atoms with Gasteiger partial charge in [0.2, 0.25) is 0 Å². The van der Waals surface area contributed by atoms with E-state index in [2.05, 4.69) is 34.3 Å². The molecule has 2 aromatic rings. The second-order valence-corrected chi connectivity index (χ2v) is 6.57. The molecule has 1 fully saturated rings. The highest BCUT2D eigenvalue weighted by Crippen LogP contribution is 2.25. The van der Waals surface area contributed by atoms with Crippen LogP contribution in [0.25, 0.3) is 0 Å². The quantitative estimate of drug-likeness (QED) is 0.940. The third-order valence-corrected chi connectivity index (χ3v) is 4.61. The summed E-state index contributed by atoms with van der Waals surface area (Å²) >= 11 is 0. The topological polar surface area (TPSA) is 48.7 Å². The van der Waals surface area contributed by atoms with Crippen LogP contribution in [0.15, 0.2) is 28.7 Å². The number of piperazine rings is 1. The van der Waals surface area contributed by atoms with Crippen molar-refractivity contribution in [2.75, 3.05) is 43.4 Å². The van der Waals surface area contributed by atoms with Crippen LogP contribution in [0.3, 0.4) is 0 Å². The van der Waals surface area contributed by atoms with Crippen LogP contribution in [0, 0.1) is 20.8 Å². The molecule has 1 amide bonds. The molecule has 1 aliphatic heterocycles. The number of nitrogens with one attached hydrogen (secondary N) is 1. The molecule has 0 bridgehead atoms. The number of carbonyl (C=O) groups is 1. The minimum atomic E-state index is -0.125. The second-order valence-electron chi connectivity index (χ2n) is 6.57. The maximum Gasteiger partial charge on any atom is 0.259 e. The predicted molar refractivity (Wildman–Crippen MR) is 97.0 cm³/mol. The lowest BCUT2D eigenvalue weighted by Crippen LogP contribution is -2.44. The summed E-state index contributed by atoms with van der Waals surface area (Å²) in [7, 11) is 2.15. The monoisotopic (exact) mass is 327 g/mol. The highest BCUT2D eigenvalue weighted by atomic mass is 16.3. The summed E-state index contributed by atoms with van der Waals surface area (Å²) in [5.74, 6) is 1.27. The summed E-state index contributed by atoms with van der Waals surface area (Å²) in [6, 6.07) is 8.00. The number of anilines is 2. The van der Waals surface area contributed by atoms with E-state index in [-0.39, 0.29) is 5.91 Å². The van der Waals surface area contributed by atoms with Crippen LogP contribution in [0.4, 0.5) is 11.4 Å². The molecule has 0 aliphatic carbocycles. The average Bonchev–Trinajstić information content (AvgIpc) is 2.89. The van der Waals surface area contributed by atoms with Crippen molar-refractivity contribution in [1.82, 2.24) is 4.90 Å². The third-order valence-electron chi connectivity index (χ3n) is 4.61.